The molecule has 0 bridgehead atoms. The average molecular weight is 327 g/mol. The summed E-state index contributed by atoms with van der Waals surface area (Å²) in [5.74, 6) is 1.64. The van der Waals surface area contributed by atoms with E-state index in [4.69, 9.17) is 9.47 Å². The van der Waals surface area contributed by atoms with Crippen molar-refractivity contribution in [3.63, 3.8) is 0 Å². The minimum Gasteiger partial charge on any atom is -0.497 e. The molecule has 0 saturated carbocycles. The quantitative estimate of drug-likeness (QED) is 0.705. The third kappa shape index (κ3) is 5.61. The number of carbonyl (C=O) groups is 1. The molecule has 0 aliphatic carbocycles. The minimum atomic E-state index is 0.0593. The van der Waals surface area contributed by atoms with Gasteiger partial charge in [0, 0.05) is 6.42 Å². The van der Waals surface area contributed by atoms with Crippen LogP contribution < -0.4 is 14.8 Å². The van der Waals surface area contributed by atoms with Crippen molar-refractivity contribution >= 4 is 5.91 Å². The standard InChI is InChI=1S/C20H25NO3/c1-3-19(16-8-5-4-6-9-16)21-20(22)10-7-15-24-18-13-11-17(23-2)12-14-18/h4-6,8-9,11-14,19H,3,7,10,15H2,1-2H3,(H,21,22)/t19-/m0/s1. The summed E-state index contributed by atoms with van der Waals surface area (Å²) in [6.07, 6.45) is 2.01. The van der Waals surface area contributed by atoms with E-state index >= 15 is 0 Å². The van der Waals surface area contributed by atoms with E-state index in [1.807, 2.05) is 54.6 Å². The average Bonchev–Trinajstić information content (AvgIpc) is 2.64. The molecule has 1 amide bonds. The van der Waals surface area contributed by atoms with E-state index < -0.39 is 0 Å². The lowest BCUT2D eigenvalue weighted by molar-refractivity contribution is -0.122. The maximum Gasteiger partial charge on any atom is 0.220 e. The Morgan fingerprint density at radius 3 is 2.33 bits per heavy atom. The zero-order valence-electron chi connectivity index (χ0n) is 14.3. The number of nitrogens with one attached hydrogen (secondary N) is 1. The smallest absolute Gasteiger partial charge is 0.220 e. The van der Waals surface area contributed by atoms with Crippen LogP contribution in [0.25, 0.3) is 0 Å². The van der Waals surface area contributed by atoms with Gasteiger partial charge in [0.05, 0.1) is 19.8 Å². The van der Waals surface area contributed by atoms with E-state index in [0.29, 0.717) is 19.4 Å². The van der Waals surface area contributed by atoms with Crippen molar-refractivity contribution in [1.29, 1.82) is 0 Å². The third-order valence-corrected chi connectivity index (χ3v) is 3.82. The van der Waals surface area contributed by atoms with Crippen LogP contribution in [0.4, 0.5) is 0 Å². The summed E-state index contributed by atoms with van der Waals surface area (Å²) in [7, 11) is 1.63. The Morgan fingerprint density at radius 1 is 1.04 bits per heavy atom. The molecule has 0 unspecified atom stereocenters. The summed E-state index contributed by atoms with van der Waals surface area (Å²) in [4.78, 5) is 12.1. The second-order valence-electron chi connectivity index (χ2n) is 5.57. The topological polar surface area (TPSA) is 47.6 Å². The third-order valence-electron chi connectivity index (χ3n) is 3.82. The summed E-state index contributed by atoms with van der Waals surface area (Å²) in [6.45, 7) is 2.59. The molecule has 0 aliphatic heterocycles. The van der Waals surface area contributed by atoms with Gasteiger partial charge in [-0.05, 0) is 42.7 Å². The highest BCUT2D eigenvalue weighted by Gasteiger charge is 2.11. The SMILES string of the molecule is CC[C@H](NC(=O)CCCOc1ccc(OC)cc1)c1ccccc1. The Morgan fingerprint density at radius 2 is 1.71 bits per heavy atom. The fourth-order valence-electron chi connectivity index (χ4n) is 2.47. The molecule has 2 aromatic carbocycles. The van der Waals surface area contributed by atoms with Crippen molar-refractivity contribution in [2.75, 3.05) is 13.7 Å². The molecule has 1 atom stereocenters. The molecule has 1 N–H and O–H groups in total. The van der Waals surface area contributed by atoms with E-state index in [2.05, 4.69) is 12.2 Å². The van der Waals surface area contributed by atoms with Crippen LogP contribution in [-0.2, 0) is 4.79 Å². The number of amides is 1. The highest BCUT2D eigenvalue weighted by molar-refractivity contribution is 5.76. The Kier molecular flexibility index (Phi) is 7.15. The molecule has 0 spiro atoms. The van der Waals surface area contributed by atoms with Gasteiger partial charge >= 0.3 is 0 Å². The second-order valence-corrected chi connectivity index (χ2v) is 5.57. The van der Waals surface area contributed by atoms with Crippen molar-refractivity contribution in [3.8, 4) is 11.5 Å². The second kappa shape index (κ2) is 9.60. The van der Waals surface area contributed by atoms with Crippen molar-refractivity contribution in [3.05, 3.63) is 60.2 Å². The van der Waals surface area contributed by atoms with Crippen molar-refractivity contribution in [2.45, 2.75) is 32.2 Å². The molecule has 128 valence electrons. The zero-order chi connectivity index (χ0) is 17.2. The first-order valence-corrected chi connectivity index (χ1v) is 8.34. The maximum absolute atomic E-state index is 12.1. The van der Waals surface area contributed by atoms with Crippen LogP contribution >= 0.6 is 0 Å². The lowest BCUT2D eigenvalue weighted by atomic mass is 10.0. The lowest BCUT2D eigenvalue weighted by Gasteiger charge is -2.17. The van der Waals surface area contributed by atoms with Gasteiger partial charge in [0.15, 0.2) is 0 Å². The van der Waals surface area contributed by atoms with Gasteiger partial charge in [0.1, 0.15) is 11.5 Å². The van der Waals surface area contributed by atoms with E-state index in [-0.39, 0.29) is 11.9 Å². The fraction of sp³-hybridized carbons (Fsp3) is 0.350. The number of hydrogen-bond donors (Lipinski definition) is 1. The van der Waals surface area contributed by atoms with Gasteiger partial charge in [-0.3, -0.25) is 4.79 Å². The van der Waals surface area contributed by atoms with Gasteiger partial charge in [-0.25, -0.2) is 0 Å². The van der Waals surface area contributed by atoms with Gasteiger partial charge in [-0.15, -0.1) is 0 Å². The first-order valence-electron chi connectivity index (χ1n) is 8.34. The number of carbonyl (C=O) groups excluding carboxylic acids is 1. The van der Waals surface area contributed by atoms with E-state index in [9.17, 15) is 4.79 Å². The molecule has 2 rings (SSSR count). The van der Waals surface area contributed by atoms with Gasteiger partial charge in [-0.1, -0.05) is 37.3 Å². The molecule has 2 aromatic rings. The molecular weight excluding hydrogens is 302 g/mol. The largest absolute Gasteiger partial charge is 0.497 e. The maximum atomic E-state index is 12.1. The molecule has 0 saturated heterocycles. The Labute approximate surface area is 143 Å². The number of methoxy groups -OCH3 is 1. The van der Waals surface area contributed by atoms with Crippen LogP contribution in [0.1, 0.15) is 37.8 Å². The van der Waals surface area contributed by atoms with Crippen LogP contribution in [0.5, 0.6) is 11.5 Å². The van der Waals surface area contributed by atoms with Gasteiger partial charge in [0.25, 0.3) is 0 Å². The number of rotatable bonds is 9. The highest BCUT2D eigenvalue weighted by Crippen LogP contribution is 2.18. The summed E-state index contributed by atoms with van der Waals surface area (Å²) < 4.78 is 10.7. The van der Waals surface area contributed by atoms with Crippen LogP contribution in [0.2, 0.25) is 0 Å². The monoisotopic (exact) mass is 327 g/mol. The molecule has 0 aliphatic rings. The Hall–Kier alpha value is -2.49. The molecule has 4 nitrogen and oxygen atoms in total. The first-order chi connectivity index (χ1) is 11.7. The van der Waals surface area contributed by atoms with E-state index in [0.717, 1.165) is 23.5 Å². The van der Waals surface area contributed by atoms with Crippen LogP contribution in [0.15, 0.2) is 54.6 Å². The van der Waals surface area contributed by atoms with Gasteiger partial charge < -0.3 is 14.8 Å². The van der Waals surface area contributed by atoms with Crippen molar-refractivity contribution in [1.82, 2.24) is 5.32 Å². The predicted molar refractivity (Wildman–Crippen MR) is 95.3 cm³/mol. The summed E-state index contributed by atoms with van der Waals surface area (Å²) >= 11 is 0. The molecule has 0 heterocycles. The summed E-state index contributed by atoms with van der Waals surface area (Å²) in [6, 6.07) is 17.6. The van der Waals surface area contributed by atoms with Crippen LogP contribution in [-0.4, -0.2) is 19.6 Å². The molecule has 0 fully saturated rings. The molecule has 0 radical (unpaired) electrons. The minimum absolute atomic E-state index is 0.0593. The Balaban J connectivity index is 1.70. The van der Waals surface area contributed by atoms with Crippen molar-refractivity contribution in [2.24, 2.45) is 0 Å². The molecule has 0 aromatic heterocycles. The predicted octanol–water partition coefficient (Wildman–Crippen LogP) is 4.12. The van der Waals surface area contributed by atoms with E-state index in [1.54, 1.807) is 7.11 Å². The molecule has 4 heteroatoms. The summed E-state index contributed by atoms with van der Waals surface area (Å²) in [5, 5.41) is 3.09. The van der Waals surface area contributed by atoms with E-state index in [1.165, 1.54) is 0 Å². The number of hydrogen-bond acceptors (Lipinski definition) is 3. The lowest BCUT2D eigenvalue weighted by Crippen LogP contribution is -2.28. The normalized spacial score (nSPS) is 11.6. The molecule has 24 heavy (non-hydrogen) atoms. The van der Waals surface area contributed by atoms with Gasteiger partial charge in [-0.2, -0.15) is 0 Å². The number of benzene rings is 2. The molecular formula is C20H25NO3. The van der Waals surface area contributed by atoms with Crippen molar-refractivity contribution < 1.29 is 14.3 Å². The highest BCUT2D eigenvalue weighted by atomic mass is 16.5. The first kappa shape index (κ1) is 17.9. The zero-order valence-corrected chi connectivity index (χ0v) is 14.3. The Bertz CT molecular complexity index is 611. The van der Waals surface area contributed by atoms with Gasteiger partial charge in [0.2, 0.25) is 5.91 Å². The fourth-order valence-corrected chi connectivity index (χ4v) is 2.47. The van der Waals surface area contributed by atoms with Crippen LogP contribution in [0, 0.1) is 0 Å². The summed E-state index contributed by atoms with van der Waals surface area (Å²) in [5.41, 5.74) is 1.14. The van der Waals surface area contributed by atoms with Crippen LogP contribution in [0.3, 0.4) is 0 Å². The number of ether oxygens (including phenoxy) is 2.